The molecule has 1 aliphatic heterocycles. The summed E-state index contributed by atoms with van der Waals surface area (Å²) >= 11 is 0. The van der Waals surface area contributed by atoms with E-state index in [0.29, 0.717) is 53.3 Å². The minimum absolute atomic E-state index is 0.0174. The van der Waals surface area contributed by atoms with Crippen LogP contribution in [0.5, 0.6) is 5.75 Å². The third-order valence-corrected chi connectivity index (χ3v) is 6.97. The average molecular weight is 529 g/mol. The summed E-state index contributed by atoms with van der Waals surface area (Å²) < 4.78 is 22.8. The van der Waals surface area contributed by atoms with Gasteiger partial charge in [0.15, 0.2) is 11.3 Å². The van der Waals surface area contributed by atoms with Crippen LogP contribution in [0.25, 0.3) is 11.0 Å². The predicted octanol–water partition coefficient (Wildman–Crippen LogP) is 3.17. The number of aromatic nitrogens is 4. The third-order valence-electron chi connectivity index (χ3n) is 6.97. The first-order valence-electron chi connectivity index (χ1n) is 13.6. The number of hydrogen-bond donors (Lipinski definition) is 3. The molecular weight excluding hydrogens is 487 g/mol. The monoisotopic (exact) mass is 528 g/mol. The Bertz CT molecular complexity index is 1210. The van der Waals surface area contributed by atoms with Crippen LogP contribution in [-0.2, 0) is 6.54 Å². The number of hydrogen-bond acceptors (Lipinski definition) is 9. The van der Waals surface area contributed by atoms with E-state index in [9.17, 15) is 5.11 Å². The molecule has 10 nitrogen and oxygen atoms in total. The normalized spacial score (nSPS) is 14.6. The van der Waals surface area contributed by atoms with Crippen molar-refractivity contribution in [2.45, 2.75) is 65.1 Å². The first-order valence-corrected chi connectivity index (χ1v) is 13.6. The molecule has 4 rings (SSSR count). The highest BCUT2D eigenvalue weighted by atomic mass is 19.1. The lowest BCUT2D eigenvalue weighted by molar-refractivity contribution is 0.301. The molecular formula is C27H41FN8O2. The molecule has 0 bridgehead atoms. The zero-order valence-corrected chi connectivity index (χ0v) is 23.0. The molecule has 0 radical (unpaired) electrons. The fraction of sp³-hybridized carbons (Fsp3) is 0.593. The third kappa shape index (κ3) is 6.44. The van der Waals surface area contributed by atoms with Crippen molar-refractivity contribution in [2.24, 2.45) is 0 Å². The molecule has 1 aliphatic rings. The summed E-state index contributed by atoms with van der Waals surface area (Å²) in [6, 6.07) is 4.45. The Balaban J connectivity index is 1.58. The second-order valence-electron chi connectivity index (χ2n) is 10.2. The van der Waals surface area contributed by atoms with E-state index in [-0.39, 0.29) is 24.9 Å². The van der Waals surface area contributed by atoms with Crippen LogP contribution in [-0.4, -0.2) is 76.8 Å². The highest BCUT2D eigenvalue weighted by molar-refractivity contribution is 5.86. The molecule has 0 aliphatic carbocycles. The number of nitrogen functional groups attached to an aromatic ring is 1. The Morgan fingerprint density at radius 3 is 2.66 bits per heavy atom. The molecule has 0 spiro atoms. The topological polar surface area (TPSA) is 118 Å². The van der Waals surface area contributed by atoms with Crippen molar-refractivity contribution in [1.29, 1.82) is 0 Å². The average Bonchev–Trinajstić information content (AvgIpc) is 3.29. The number of nitrogens with one attached hydrogen (secondary N) is 1. The Morgan fingerprint density at radius 2 is 2.00 bits per heavy atom. The van der Waals surface area contributed by atoms with Crippen molar-refractivity contribution in [3.8, 4) is 5.75 Å². The summed E-state index contributed by atoms with van der Waals surface area (Å²) in [4.78, 5) is 13.0. The lowest BCUT2D eigenvalue weighted by atomic mass is 10.0. The standard InChI is InChI=1S/C27H41FN8O2/c1-5-6-9-35(12-13-37)26-25-23(31-27(29)32-26)17-36(33-25)16-21-22(28)14-20(15-24(21)38-4)34-10-7-19(8-11-34)30-18(2)3/h14-15,17-19,30,37H,5-13,16H2,1-4H3,(H2,29,31). The Morgan fingerprint density at radius 1 is 1.24 bits per heavy atom. The Kier molecular flexibility index (Phi) is 9.22. The molecule has 1 saturated heterocycles. The summed E-state index contributed by atoms with van der Waals surface area (Å²) in [7, 11) is 1.56. The molecule has 3 aromatic rings. The number of methoxy groups -OCH3 is 1. The molecule has 2 aromatic heterocycles. The van der Waals surface area contributed by atoms with Crippen molar-refractivity contribution in [3.05, 3.63) is 29.7 Å². The minimum atomic E-state index is -0.336. The summed E-state index contributed by atoms with van der Waals surface area (Å²) in [6.07, 6.45) is 5.71. The quantitative estimate of drug-likeness (QED) is 0.326. The number of anilines is 3. The maximum Gasteiger partial charge on any atom is 0.222 e. The summed E-state index contributed by atoms with van der Waals surface area (Å²) in [5.41, 5.74) is 8.38. The minimum Gasteiger partial charge on any atom is -0.496 e. The molecule has 0 saturated carbocycles. The number of unbranched alkanes of at least 4 members (excludes halogenated alkanes) is 1. The highest BCUT2D eigenvalue weighted by Crippen LogP contribution is 2.32. The van der Waals surface area contributed by atoms with Crippen molar-refractivity contribution in [2.75, 3.05) is 55.4 Å². The fourth-order valence-electron chi connectivity index (χ4n) is 5.11. The van der Waals surface area contributed by atoms with Crippen LogP contribution in [0.2, 0.25) is 0 Å². The number of piperidine rings is 1. The van der Waals surface area contributed by atoms with Crippen LogP contribution in [0, 0.1) is 5.82 Å². The number of ether oxygens (including phenoxy) is 1. The van der Waals surface area contributed by atoms with Crippen LogP contribution in [0.15, 0.2) is 18.3 Å². The van der Waals surface area contributed by atoms with Gasteiger partial charge in [0.2, 0.25) is 5.95 Å². The van der Waals surface area contributed by atoms with Crippen molar-refractivity contribution < 1.29 is 14.2 Å². The molecule has 0 atom stereocenters. The van der Waals surface area contributed by atoms with Gasteiger partial charge in [0.25, 0.3) is 0 Å². The Hall–Kier alpha value is -3.18. The van der Waals surface area contributed by atoms with Gasteiger partial charge in [0.05, 0.1) is 32.0 Å². The van der Waals surface area contributed by atoms with E-state index in [1.54, 1.807) is 24.1 Å². The number of fused-ring (bicyclic) bond motifs is 1. The number of benzene rings is 1. The molecule has 1 aromatic carbocycles. The van der Waals surface area contributed by atoms with Gasteiger partial charge in [0, 0.05) is 50.0 Å². The van der Waals surface area contributed by atoms with Gasteiger partial charge in [-0.25, -0.2) is 9.37 Å². The van der Waals surface area contributed by atoms with Gasteiger partial charge in [-0.05, 0) is 25.3 Å². The maximum atomic E-state index is 15.5. The van der Waals surface area contributed by atoms with E-state index in [1.165, 1.54) is 0 Å². The molecule has 3 heterocycles. The molecule has 1 fully saturated rings. The number of halogens is 1. The van der Waals surface area contributed by atoms with Crippen LogP contribution in [0.1, 0.15) is 52.0 Å². The van der Waals surface area contributed by atoms with Gasteiger partial charge >= 0.3 is 0 Å². The van der Waals surface area contributed by atoms with E-state index in [1.807, 2.05) is 11.0 Å². The number of rotatable bonds is 12. The van der Waals surface area contributed by atoms with Crippen molar-refractivity contribution >= 4 is 28.5 Å². The smallest absolute Gasteiger partial charge is 0.222 e. The zero-order valence-electron chi connectivity index (χ0n) is 23.0. The molecule has 11 heteroatoms. The van der Waals surface area contributed by atoms with Gasteiger partial charge in [-0.15, -0.1) is 0 Å². The number of nitrogens with two attached hydrogens (primary N) is 1. The first kappa shape index (κ1) is 27.8. The number of nitrogens with zero attached hydrogens (tertiary/aromatic N) is 6. The van der Waals surface area contributed by atoms with Crippen molar-refractivity contribution in [1.82, 2.24) is 25.1 Å². The lowest BCUT2D eigenvalue weighted by Gasteiger charge is -2.35. The molecule has 0 unspecified atom stereocenters. The van der Waals surface area contributed by atoms with Crippen LogP contribution in [0.4, 0.5) is 21.8 Å². The van der Waals surface area contributed by atoms with Crippen LogP contribution >= 0.6 is 0 Å². The Labute approximate surface area is 224 Å². The summed E-state index contributed by atoms with van der Waals surface area (Å²) in [6.45, 7) is 9.43. The fourth-order valence-corrected chi connectivity index (χ4v) is 5.11. The second kappa shape index (κ2) is 12.6. The highest BCUT2D eigenvalue weighted by Gasteiger charge is 2.23. The van der Waals surface area contributed by atoms with Gasteiger partial charge in [-0.3, -0.25) is 4.68 Å². The SMILES string of the molecule is CCCCN(CCO)c1nc(N)nc2cn(Cc3c(F)cc(N4CCC(NC(C)C)CC4)cc3OC)nc12. The van der Waals surface area contributed by atoms with E-state index in [0.717, 1.165) is 44.5 Å². The van der Waals surface area contributed by atoms with Gasteiger partial charge < -0.3 is 30.7 Å². The summed E-state index contributed by atoms with van der Waals surface area (Å²) in [5.74, 6) is 0.855. The summed E-state index contributed by atoms with van der Waals surface area (Å²) in [5, 5.41) is 17.9. The molecule has 208 valence electrons. The van der Waals surface area contributed by atoms with E-state index < -0.39 is 0 Å². The lowest BCUT2D eigenvalue weighted by Crippen LogP contribution is -2.44. The van der Waals surface area contributed by atoms with Gasteiger partial charge in [-0.2, -0.15) is 10.1 Å². The predicted molar refractivity (Wildman–Crippen MR) is 150 cm³/mol. The largest absolute Gasteiger partial charge is 0.496 e. The number of aliphatic hydroxyl groups excluding tert-OH is 1. The second-order valence-corrected chi connectivity index (χ2v) is 10.2. The van der Waals surface area contributed by atoms with E-state index in [4.69, 9.17) is 15.6 Å². The number of aliphatic hydroxyl groups is 1. The molecule has 38 heavy (non-hydrogen) atoms. The van der Waals surface area contributed by atoms with E-state index >= 15 is 4.39 Å². The van der Waals surface area contributed by atoms with Crippen LogP contribution in [0.3, 0.4) is 0 Å². The maximum absolute atomic E-state index is 15.5. The van der Waals surface area contributed by atoms with Gasteiger partial charge in [0.1, 0.15) is 17.1 Å². The molecule has 0 amide bonds. The van der Waals surface area contributed by atoms with Crippen molar-refractivity contribution in [3.63, 3.8) is 0 Å². The van der Waals surface area contributed by atoms with Crippen LogP contribution < -0.4 is 25.6 Å². The van der Waals surface area contributed by atoms with Gasteiger partial charge in [-0.1, -0.05) is 27.2 Å². The zero-order chi connectivity index (χ0) is 27.2. The molecule has 4 N–H and O–H groups in total. The van der Waals surface area contributed by atoms with E-state index in [2.05, 4.69) is 41.0 Å². The first-order chi connectivity index (χ1) is 18.3.